The minimum atomic E-state index is -0.809. The summed E-state index contributed by atoms with van der Waals surface area (Å²) in [7, 11) is 0. The summed E-state index contributed by atoms with van der Waals surface area (Å²) in [5, 5.41) is 9.68. The number of carboxylic acids is 1. The second-order valence-corrected chi connectivity index (χ2v) is 5.93. The highest BCUT2D eigenvalue weighted by molar-refractivity contribution is 6.30. The summed E-state index contributed by atoms with van der Waals surface area (Å²) in [6.45, 7) is 8.68. The van der Waals surface area contributed by atoms with Crippen molar-refractivity contribution in [2.24, 2.45) is 0 Å². The Balaban J connectivity index is 2.92. The molecule has 0 aliphatic heterocycles. The van der Waals surface area contributed by atoms with E-state index >= 15 is 0 Å². The SMILES string of the molecule is Cc1cc(Cl)ccc1CN(CC(=O)O)C(C)(C)C. The minimum Gasteiger partial charge on any atom is -0.480 e. The van der Waals surface area contributed by atoms with Crippen molar-refractivity contribution in [3.63, 3.8) is 0 Å². The van der Waals surface area contributed by atoms with Gasteiger partial charge in [0.1, 0.15) is 0 Å². The Hall–Kier alpha value is -1.06. The number of aliphatic carboxylic acids is 1. The Morgan fingerprint density at radius 3 is 2.44 bits per heavy atom. The van der Waals surface area contributed by atoms with E-state index in [1.54, 1.807) is 0 Å². The minimum absolute atomic E-state index is 0.0333. The van der Waals surface area contributed by atoms with Crippen LogP contribution in [-0.2, 0) is 11.3 Å². The zero-order valence-electron chi connectivity index (χ0n) is 11.3. The summed E-state index contributed by atoms with van der Waals surface area (Å²) in [6.07, 6.45) is 0. The van der Waals surface area contributed by atoms with Crippen molar-refractivity contribution in [3.8, 4) is 0 Å². The van der Waals surface area contributed by atoms with Gasteiger partial charge in [-0.2, -0.15) is 0 Å². The van der Waals surface area contributed by atoms with E-state index in [1.807, 2.05) is 50.8 Å². The number of rotatable bonds is 4. The van der Waals surface area contributed by atoms with Gasteiger partial charge in [-0.05, 0) is 51.0 Å². The van der Waals surface area contributed by atoms with E-state index in [1.165, 1.54) is 0 Å². The molecule has 3 nitrogen and oxygen atoms in total. The van der Waals surface area contributed by atoms with Gasteiger partial charge in [-0.25, -0.2) is 0 Å². The van der Waals surface area contributed by atoms with Crippen molar-refractivity contribution >= 4 is 17.6 Å². The number of hydrogen-bond acceptors (Lipinski definition) is 2. The lowest BCUT2D eigenvalue weighted by atomic mass is 10.0. The van der Waals surface area contributed by atoms with Gasteiger partial charge < -0.3 is 5.11 Å². The predicted octanol–water partition coefficient (Wildman–Crippen LogP) is 3.33. The second-order valence-electron chi connectivity index (χ2n) is 5.49. The standard InChI is InChI=1S/C14H20ClNO2/c1-10-7-12(15)6-5-11(10)8-16(9-13(17)18)14(2,3)4/h5-7H,8-9H2,1-4H3,(H,17,18). The van der Waals surface area contributed by atoms with Crippen LogP contribution in [0.4, 0.5) is 0 Å². The van der Waals surface area contributed by atoms with Crippen molar-refractivity contribution in [1.29, 1.82) is 0 Å². The maximum absolute atomic E-state index is 10.9. The van der Waals surface area contributed by atoms with Crippen molar-refractivity contribution in [2.75, 3.05) is 6.54 Å². The van der Waals surface area contributed by atoms with Crippen LogP contribution < -0.4 is 0 Å². The molecular weight excluding hydrogens is 250 g/mol. The molecule has 0 amide bonds. The molecule has 0 saturated heterocycles. The molecule has 0 radical (unpaired) electrons. The Labute approximate surface area is 113 Å². The zero-order chi connectivity index (χ0) is 13.9. The van der Waals surface area contributed by atoms with Crippen LogP contribution in [0, 0.1) is 6.92 Å². The average Bonchev–Trinajstić information content (AvgIpc) is 2.18. The summed E-state index contributed by atoms with van der Waals surface area (Å²) in [5.74, 6) is -0.809. The molecule has 1 rings (SSSR count). The zero-order valence-corrected chi connectivity index (χ0v) is 12.1. The topological polar surface area (TPSA) is 40.5 Å². The first-order valence-corrected chi connectivity index (χ1v) is 6.30. The van der Waals surface area contributed by atoms with Gasteiger partial charge in [0, 0.05) is 17.1 Å². The lowest BCUT2D eigenvalue weighted by molar-refractivity contribution is -0.139. The fourth-order valence-corrected chi connectivity index (χ4v) is 1.96. The summed E-state index contributed by atoms with van der Waals surface area (Å²) < 4.78 is 0. The van der Waals surface area contributed by atoms with Crippen molar-refractivity contribution in [1.82, 2.24) is 4.90 Å². The normalized spacial score (nSPS) is 11.9. The summed E-state index contributed by atoms with van der Waals surface area (Å²) in [5.41, 5.74) is 2.00. The number of halogens is 1. The molecule has 0 atom stereocenters. The van der Waals surface area contributed by atoms with Crippen LogP contribution in [0.1, 0.15) is 31.9 Å². The Kier molecular flexibility index (Phi) is 4.77. The highest BCUT2D eigenvalue weighted by Gasteiger charge is 2.24. The molecule has 0 spiro atoms. The van der Waals surface area contributed by atoms with Crippen LogP contribution in [0.25, 0.3) is 0 Å². The lowest BCUT2D eigenvalue weighted by Gasteiger charge is -2.34. The molecule has 18 heavy (non-hydrogen) atoms. The smallest absolute Gasteiger partial charge is 0.317 e. The predicted molar refractivity (Wildman–Crippen MR) is 74.0 cm³/mol. The summed E-state index contributed by atoms with van der Waals surface area (Å²) in [4.78, 5) is 12.9. The lowest BCUT2D eigenvalue weighted by Crippen LogP contribution is -2.43. The van der Waals surface area contributed by atoms with Crippen molar-refractivity contribution < 1.29 is 9.90 Å². The second kappa shape index (κ2) is 5.72. The molecule has 4 heteroatoms. The number of aryl methyl sites for hydroxylation is 1. The van der Waals surface area contributed by atoms with Crippen molar-refractivity contribution in [2.45, 2.75) is 39.8 Å². The van der Waals surface area contributed by atoms with E-state index in [2.05, 4.69) is 0 Å². The first-order chi connectivity index (χ1) is 8.20. The number of nitrogens with zero attached hydrogens (tertiary/aromatic N) is 1. The highest BCUT2D eigenvalue weighted by atomic mass is 35.5. The molecule has 0 bridgehead atoms. The van der Waals surface area contributed by atoms with Crippen LogP contribution >= 0.6 is 11.6 Å². The Morgan fingerprint density at radius 2 is 2.00 bits per heavy atom. The third-order valence-corrected chi connectivity index (χ3v) is 3.18. The van der Waals surface area contributed by atoms with Gasteiger partial charge >= 0.3 is 5.97 Å². The van der Waals surface area contributed by atoms with Gasteiger partial charge in [-0.15, -0.1) is 0 Å². The van der Waals surface area contributed by atoms with Crippen molar-refractivity contribution in [3.05, 3.63) is 34.3 Å². The van der Waals surface area contributed by atoms with Gasteiger partial charge in [-0.1, -0.05) is 17.7 Å². The van der Waals surface area contributed by atoms with Crippen LogP contribution in [-0.4, -0.2) is 28.1 Å². The monoisotopic (exact) mass is 269 g/mol. The Morgan fingerprint density at radius 1 is 1.39 bits per heavy atom. The fourth-order valence-electron chi connectivity index (χ4n) is 1.74. The average molecular weight is 270 g/mol. The van der Waals surface area contributed by atoms with E-state index in [9.17, 15) is 4.79 Å². The van der Waals surface area contributed by atoms with E-state index in [4.69, 9.17) is 16.7 Å². The quantitative estimate of drug-likeness (QED) is 0.911. The summed E-state index contributed by atoms with van der Waals surface area (Å²) in [6, 6.07) is 5.70. The van der Waals surface area contributed by atoms with E-state index in [0.29, 0.717) is 11.6 Å². The van der Waals surface area contributed by atoms with Crippen LogP contribution in [0.2, 0.25) is 5.02 Å². The first kappa shape index (κ1) is 15.0. The van der Waals surface area contributed by atoms with E-state index in [-0.39, 0.29) is 12.1 Å². The number of hydrogen-bond donors (Lipinski definition) is 1. The highest BCUT2D eigenvalue weighted by Crippen LogP contribution is 2.21. The fraction of sp³-hybridized carbons (Fsp3) is 0.500. The molecule has 1 N–H and O–H groups in total. The van der Waals surface area contributed by atoms with Gasteiger partial charge in [0.15, 0.2) is 0 Å². The van der Waals surface area contributed by atoms with E-state index < -0.39 is 5.97 Å². The molecule has 0 aliphatic rings. The number of carboxylic acid groups (broad SMARTS) is 1. The molecule has 0 saturated carbocycles. The number of benzene rings is 1. The Bertz CT molecular complexity index is 438. The van der Waals surface area contributed by atoms with Gasteiger partial charge in [0.05, 0.1) is 6.54 Å². The van der Waals surface area contributed by atoms with Gasteiger partial charge in [0.2, 0.25) is 0 Å². The van der Waals surface area contributed by atoms with Gasteiger partial charge in [-0.3, -0.25) is 9.69 Å². The van der Waals surface area contributed by atoms with Crippen LogP contribution in [0.5, 0.6) is 0 Å². The molecule has 0 heterocycles. The first-order valence-electron chi connectivity index (χ1n) is 5.92. The molecule has 0 aromatic heterocycles. The molecule has 0 unspecified atom stereocenters. The third kappa shape index (κ3) is 4.31. The molecular formula is C14H20ClNO2. The third-order valence-electron chi connectivity index (χ3n) is 2.94. The molecule has 0 fully saturated rings. The van der Waals surface area contributed by atoms with Crippen LogP contribution in [0.3, 0.4) is 0 Å². The molecule has 100 valence electrons. The number of carbonyl (C=O) groups is 1. The molecule has 1 aromatic carbocycles. The molecule has 1 aromatic rings. The van der Waals surface area contributed by atoms with Crippen LogP contribution in [0.15, 0.2) is 18.2 Å². The maximum Gasteiger partial charge on any atom is 0.317 e. The molecule has 0 aliphatic carbocycles. The maximum atomic E-state index is 10.9. The largest absolute Gasteiger partial charge is 0.480 e. The van der Waals surface area contributed by atoms with Gasteiger partial charge in [0.25, 0.3) is 0 Å². The van der Waals surface area contributed by atoms with E-state index in [0.717, 1.165) is 11.1 Å². The summed E-state index contributed by atoms with van der Waals surface area (Å²) >= 11 is 5.92.